The van der Waals surface area contributed by atoms with Gasteiger partial charge in [0.1, 0.15) is 16.9 Å². The molecule has 0 fully saturated rings. The zero-order valence-electron chi connectivity index (χ0n) is 20.6. The maximum Gasteiger partial charge on any atom is 0.337 e. The number of fused-ring (bicyclic) bond motifs is 2. The zero-order valence-corrected chi connectivity index (χ0v) is 20.6. The molecule has 9 heteroatoms. The summed E-state index contributed by atoms with van der Waals surface area (Å²) in [5.41, 5.74) is 11.4. The fraction of sp³-hybridized carbons (Fsp3) is 0.250. The van der Waals surface area contributed by atoms with Crippen LogP contribution in [0.2, 0.25) is 0 Å². The molecule has 37 heavy (non-hydrogen) atoms. The fourth-order valence-corrected chi connectivity index (χ4v) is 4.49. The molecule has 1 aliphatic carbocycles. The minimum Gasteiger partial charge on any atom is -0.465 e. The molecule has 0 radical (unpaired) electrons. The number of methoxy groups -OCH3 is 1. The fourth-order valence-electron chi connectivity index (χ4n) is 4.49. The van der Waals surface area contributed by atoms with Crippen molar-refractivity contribution in [3.8, 4) is 0 Å². The molecule has 9 nitrogen and oxygen atoms in total. The molecule has 4 aromatic rings. The molecular formula is C28H28N6O3. The molecule has 0 unspecified atom stereocenters. The number of nitrogens with zero attached hydrogens (tertiary/aromatic N) is 4. The van der Waals surface area contributed by atoms with E-state index in [9.17, 15) is 9.59 Å². The predicted octanol–water partition coefficient (Wildman–Crippen LogP) is 4.46. The first-order valence-electron chi connectivity index (χ1n) is 12.3. The number of aromatic nitrogens is 3. The van der Waals surface area contributed by atoms with Gasteiger partial charge in [-0.15, -0.1) is 0 Å². The molecule has 0 aliphatic heterocycles. The quantitative estimate of drug-likeness (QED) is 0.221. The molecule has 0 atom stereocenters. The second kappa shape index (κ2) is 10.6. The number of esters is 1. The van der Waals surface area contributed by atoms with E-state index >= 15 is 0 Å². The van der Waals surface area contributed by atoms with Gasteiger partial charge in [0.05, 0.1) is 29.9 Å². The molecule has 0 spiro atoms. The number of nitrogen functional groups attached to an aromatic ring is 1. The third kappa shape index (κ3) is 5.06. The summed E-state index contributed by atoms with van der Waals surface area (Å²) < 4.78 is 6.17. The van der Waals surface area contributed by atoms with Gasteiger partial charge in [-0.2, -0.15) is 9.78 Å². The Kier molecular flexibility index (Phi) is 6.93. The van der Waals surface area contributed by atoms with E-state index in [2.05, 4.69) is 16.5 Å². The summed E-state index contributed by atoms with van der Waals surface area (Å²) in [5, 5.41) is 7.52. The molecule has 188 valence electrons. The van der Waals surface area contributed by atoms with Crippen LogP contribution >= 0.6 is 0 Å². The predicted molar refractivity (Wildman–Crippen MR) is 144 cm³/mol. The summed E-state index contributed by atoms with van der Waals surface area (Å²) >= 11 is 0. The van der Waals surface area contributed by atoms with E-state index in [-0.39, 0.29) is 17.3 Å². The average molecular weight is 497 g/mol. The number of hydrogen-bond donors (Lipinski definition) is 2. The van der Waals surface area contributed by atoms with Gasteiger partial charge in [-0.3, -0.25) is 4.79 Å². The van der Waals surface area contributed by atoms with Crippen LogP contribution in [0.1, 0.15) is 58.4 Å². The number of nitrogens with two attached hydrogens (primary N) is 1. The van der Waals surface area contributed by atoms with Crippen molar-refractivity contribution in [2.45, 2.75) is 32.1 Å². The van der Waals surface area contributed by atoms with Crippen molar-refractivity contribution in [3.05, 3.63) is 76.9 Å². The Morgan fingerprint density at radius 1 is 1.11 bits per heavy atom. The van der Waals surface area contributed by atoms with Crippen molar-refractivity contribution in [3.63, 3.8) is 0 Å². The minimum atomic E-state index is -0.415. The van der Waals surface area contributed by atoms with Gasteiger partial charge in [0.2, 0.25) is 0 Å². The van der Waals surface area contributed by atoms with Gasteiger partial charge in [0.15, 0.2) is 5.65 Å². The van der Waals surface area contributed by atoms with Crippen molar-refractivity contribution < 1.29 is 14.3 Å². The Morgan fingerprint density at radius 2 is 1.86 bits per heavy atom. The van der Waals surface area contributed by atoms with Crippen LogP contribution in [0.3, 0.4) is 0 Å². The lowest BCUT2D eigenvalue weighted by atomic mass is 9.97. The molecule has 2 heterocycles. The number of anilines is 1. The van der Waals surface area contributed by atoms with E-state index in [1.807, 2.05) is 24.3 Å². The zero-order chi connectivity index (χ0) is 25.8. The van der Waals surface area contributed by atoms with Crippen LogP contribution in [0.4, 0.5) is 5.82 Å². The standard InChI is InChI=1S/C28H28N6O3/c1-37-28(36)20-13-11-19(12-14-20)17-31-34-25(29)23(27(35)30-16-15-18-7-3-2-4-8-18)24-26(34)33-22-10-6-5-9-21(22)32-24/h5-7,9-14,17H,2-4,8,15-16,29H2,1H3,(H,30,35)/b31-17-. The molecule has 0 bridgehead atoms. The first kappa shape index (κ1) is 24.2. The van der Waals surface area contributed by atoms with Gasteiger partial charge in [-0.25, -0.2) is 14.8 Å². The molecule has 2 aromatic heterocycles. The lowest BCUT2D eigenvalue weighted by molar-refractivity contribution is 0.0600. The highest BCUT2D eigenvalue weighted by Crippen LogP contribution is 2.28. The molecule has 1 aliphatic rings. The Bertz CT molecular complexity index is 1540. The van der Waals surface area contributed by atoms with Gasteiger partial charge < -0.3 is 15.8 Å². The molecule has 5 rings (SSSR count). The Morgan fingerprint density at radius 3 is 2.57 bits per heavy atom. The van der Waals surface area contributed by atoms with Crippen molar-refractivity contribution in [1.29, 1.82) is 0 Å². The Labute approximate surface area is 214 Å². The normalized spacial score (nSPS) is 13.7. The maximum absolute atomic E-state index is 13.3. The number of carbonyl (C=O) groups is 2. The summed E-state index contributed by atoms with van der Waals surface area (Å²) in [6.45, 7) is 0.521. The number of rotatable bonds is 7. The van der Waals surface area contributed by atoms with Crippen LogP contribution < -0.4 is 11.1 Å². The van der Waals surface area contributed by atoms with Gasteiger partial charge in [0, 0.05) is 6.54 Å². The van der Waals surface area contributed by atoms with Crippen LogP contribution in [0.25, 0.3) is 22.2 Å². The van der Waals surface area contributed by atoms with Crippen LogP contribution in [-0.2, 0) is 4.74 Å². The third-order valence-corrected chi connectivity index (χ3v) is 6.47. The maximum atomic E-state index is 13.3. The number of nitrogens with one attached hydrogen (secondary N) is 1. The van der Waals surface area contributed by atoms with Crippen molar-refractivity contribution >= 4 is 46.1 Å². The number of hydrogen-bond acceptors (Lipinski definition) is 7. The molecule has 0 saturated carbocycles. The summed E-state index contributed by atoms with van der Waals surface area (Å²) in [6.07, 6.45) is 9.31. The summed E-state index contributed by atoms with van der Waals surface area (Å²) in [4.78, 5) is 34.4. The van der Waals surface area contributed by atoms with Gasteiger partial charge in [-0.1, -0.05) is 35.9 Å². The second-order valence-electron chi connectivity index (χ2n) is 8.93. The number of ether oxygens (including phenoxy) is 1. The van der Waals surface area contributed by atoms with Gasteiger partial charge in [0.25, 0.3) is 5.91 Å². The van der Waals surface area contributed by atoms with E-state index in [1.165, 1.54) is 30.2 Å². The van der Waals surface area contributed by atoms with E-state index < -0.39 is 5.97 Å². The monoisotopic (exact) mass is 496 g/mol. The van der Waals surface area contributed by atoms with Crippen LogP contribution in [0.15, 0.2) is 65.3 Å². The molecular weight excluding hydrogens is 468 g/mol. The van der Waals surface area contributed by atoms with E-state index in [0.717, 1.165) is 24.8 Å². The molecule has 1 amide bonds. The first-order chi connectivity index (χ1) is 18.0. The van der Waals surface area contributed by atoms with Crippen molar-refractivity contribution in [2.75, 3.05) is 19.4 Å². The molecule has 0 saturated heterocycles. The smallest absolute Gasteiger partial charge is 0.337 e. The van der Waals surface area contributed by atoms with E-state index in [0.29, 0.717) is 34.3 Å². The minimum absolute atomic E-state index is 0.155. The van der Waals surface area contributed by atoms with Gasteiger partial charge >= 0.3 is 5.97 Å². The Hall–Kier alpha value is -4.53. The largest absolute Gasteiger partial charge is 0.465 e. The van der Waals surface area contributed by atoms with Crippen molar-refractivity contribution in [1.82, 2.24) is 20.0 Å². The van der Waals surface area contributed by atoms with Crippen molar-refractivity contribution in [2.24, 2.45) is 5.10 Å². The number of benzene rings is 2. The second-order valence-corrected chi connectivity index (χ2v) is 8.93. The lowest BCUT2D eigenvalue weighted by Gasteiger charge is -2.12. The SMILES string of the molecule is COC(=O)c1ccc(/C=N\n2c(N)c(C(=O)NCCC3=CCCCC3)c3nc4ccccc4nc32)cc1. The summed E-state index contributed by atoms with van der Waals surface area (Å²) in [7, 11) is 1.34. The number of para-hydroxylation sites is 2. The number of amides is 1. The number of allylic oxidation sites excluding steroid dienone is 1. The van der Waals surface area contributed by atoms with Gasteiger partial charge in [-0.05, 0) is 61.9 Å². The lowest BCUT2D eigenvalue weighted by Crippen LogP contribution is -2.25. The van der Waals surface area contributed by atoms with E-state index in [1.54, 1.807) is 30.5 Å². The molecule has 2 aromatic carbocycles. The highest BCUT2D eigenvalue weighted by atomic mass is 16.5. The first-order valence-corrected chi connectivity index (χ1v) is 12.3. The topological polar surface area (TPSA) is 124 Å². The highest BCUT2D eigenvalue weighted by Gasteiger charge is 2.24. The summed E-state index contributed by atoms with van der Waals surface area (Å²) in [6, 6.07) is 14.2. The number of carbonyl (C=O) groups excluding carboxylic acids is 2. The Balaban J connectivity index is 1.48. The van der Waals surface area contributed by atoms with E-state index in [4.69, 9.17) is 20.4 Å². The summed E-state index contributed by atoms with van der Waals surface area (Å²) in [5.74, 6) is -0.566. The molecule has 3 N–H and O–H groups in total. The van der Waals surface area contributed by atoms with Crippen LogP contribution in [0, 0.1) is 0 Å². The van der Waals surface area contributed by atoms with Crippen LogP contribution in [0.5, 0.6) is 0 Å². The highest BCUT2D eigenvalue weighted by molar-refractivity contribution is 6.10. The van der Waals surface area contributed by atoms with Crippen LogP contribution in [-0.4, -0.2) is 46.4 Å². The average Bonchev–Trinajstić information content (AvgIpc) is 3.20. The third-order valence-electron chi connectivity index (χ3n) is 6.47.